The lowest BCUT2D eigenvalue weighted by Gasteiger charge is -2.05. The normalized spacial score (nSPS) is 23.0. The van der Waals surface area contributed by atoms with Crippen molar-refractivity contribution >= 4 is 27.3 Å². The summed E-state index contributed by atoms with van der Waals surface area (Å²) in [6, 6.07) is 1.64. The lowest BCUT2D eigenvalue weighted by molar-refractivity contribution is -0.138. The Labute approximate surface area is 110 Å². The number of hydrogen-bond donors (Lipinski definition) is 2. The standard InChI is InChI=1S/C11H15NO4S2/c1-6-3-10(7(2)17-6)18(15,16)12-5-8-4-9(8)11(13)14/h3,8-9,12H,4-5H2,1-2H3,(H,13,14)/t8-,9+/m0/s1. The molecule has 1 heterocycles. The van der Waals surface area contributed by atoms with Crippen molar-refractivity contribution in [1.82, 2.24) is 4.72 Å². The minimum Gasteiger partial charge on any atom is -0.481 e. The van der Waals surface area contributed by atoms with Gasteiger partial charge in [-0.2, -0.15) is 0 Å². The van der Waals surface area contributed by atoms with Crippen LogP contribution < -0.4 is 4.72 Å². The first kappa shape index (κ1) is 13.5. The second kappa shape index (κ2) is 4.64. The number of sulfonamides is 1. The van der Waals surface area contributed by atoms with Crippen molar-refractivity contribution in [3.05, 3.63) is 15.8 Å². The number of carboxylic acid groups (broad SMARTS) is 1. The van der Waals surface area contributed by atoms with Crippen LogP contribution in [-0.4, -0.2) is 26.0 Å². The van der Waals surface area contributed by atoms with Crippen molar-refractivity contribution in [2.45, 2.75) is 25.2 Å². The fourth-order valence-corrected chi connectivity index (χ4v) is 4.59. The van der Waals surface area contributed by atoms with E-state index in [0.29, 0.717) is 11.3 Å². The van der Waals surface area contributed by atoms with E-state index in [-0.39, 0.29) is 12.5 Å². The first-order valence-electron chi connectivity index (χ1n) is 5.61. The number of hydrogen-bond acceptors (Lipinski definition) is 4. The Hall–Kier alpha value is -0.920. The third kappa shape index (κ3) is 2.73. The predicted octanol–water partition coefficient (Wildman–Crippen LogP) is 1.36. The summed E-state index contributed by atoms with van der Waals surface area (Å²) in [4.78, 5) is 12.7. The average molecular weight is 289 g/mol. The third-order valence-corrected chi connectivity index (χ3v) is 5.71. The van der Waals surface area contributed by atoms with Gasteiger partial charge in [-0.25, -0.2) is 13.1 Å². The summed E-state index contributed by atoms with van der Waals surface area (Å²) in [5.41, 5.74) is 0. The van der Waals surface area contributed by atoms with Gasteiger partial charge in [-0.3, -0.25) is 4.79 Å². The molecule has 1 aromatic heterocycles. The Morgan fingerprint density at radius 2 is 2.22 bits per heavy atom. The lowest BCUT2D eigenvalue weighted by Crippen LogP contribution is -2.26. The van der Waals surface area contributed by atoms with Gasteiger partial charge in [0.2, 0.25) is 10.0 Å². The van der Waals surface area contributed by atoms with Crippen LogP contribution in [0.2, 0.25) is 0 Å². The Morgan fingerprint density at radius 1 is 1.56 bits per heavy atom. The first-order chi connectivity index (χ1) is 8.31. The number of nitrogens with one attached hydrogen (secondary N) is 1. The summed E-state index contributed by atoms with van der Waals surface area (Å²) in [6.07, 6.45) is 0.555. The Kier molecular flexibility index (Phi) is 3.48. The molecule has 1 aliphatic rings. The molecule has 0 aromatic carbocycles. The molecule has 2 atom stereocenters. The van der Waals surface area contributed by atoms with E-state index in [1.165, 1.54) is 11.3 Å². The van der Waals surface area contributed by atoms with Crippen molar-refractivity contribution in [3.63, 3.8) is 0 Å². The third-order valence-electron chi connectivity index (χ3n) is 3.06. The van der Waals surface area contributed by atoms with Crippen LogP contribution >= 0.6 is 11.3 Å². The Morgan fingerprint density at radius 3 is 2.67 bits per heavy atom. The molecule has 0 spiro atoms. The van der Waals surface area contributed by atoms with Gasteiger partial charge in [0.15, 0.2) is 0 Å². The highest BCUT2D eigenvalue weighted by Crippen LogP contribution is 2.38. The predicted molar refractivity (Wildman–Crippen MR) is 68.2 cm³/mol. The van der Waals surface area contributed by atoms with Crippen LogP contribution in [0.4, 0.5) is 0 Å². The van der Waals surface area contributed by atoms with Crippen LogP contribution in [0, 0.1) is 25.7 Å². The summed E-state index contributed by atoms with van der Waals surface area (Å²) in [5.74, 6) is -1.31. The van der Waals surface area contributed by atoms with E-state index in [9.17, 15) is 13.2 Å². The molecule has 0 unspecified atom stereocenters. The fourth-order valence-electron chi connectivity index (χ4n) is 1.94. The second-order valence-corrected chi connectivity index (χ2v) is 7.77. The highest BCUT2D eigenvalue weighted by Gasteiger charge is 2.43. The highest BCUT2D eigenvalue weighted by molar-refractivity contribution is 7.89. The molecule has 5 nitrogen and oxygen atoms in total. The van der Waals surface area contributed by atoms with Crippen molar-refractivity contribution in [3.8, 4) is 0 Å². The molecule has 0 amide bonds. The molecule has 0 bridgehead atoms. The van der Waals surface area contributed by atoms with E-state index < -0.39 is 21.9 Å². The monoisotopic (exact) mass is 289 g/mol. The molecule has 1 aromatic rings. The highest BCUT2D eigenvalue weighted by atomic mass is 32.2. The Bertz CT molecular complexity index is 576. The zero-order valence-electron chi connectivity index (χ0n) is 10.1. The van der Waals surface area contributed by atoms with Gasteiger partial charge in [0.1, 0.15) is 0 Å². The van der Waals surface area contributed by atoms with E-state index in [0.717, 1.165) is 9.75 Å². The maximum Gasteiger partial charge on any atom is 0.306 e. The molecule has 18 heavy (non-hydrogen) atoms. The van der Waals surface area contributed by atoms with Crippen molar-refractivity contribution in [2.24, 2.45) is 11.8 Å². The van der Waals surface area contributed by atoms with Gasteiger partial charge < -0.3 is 5.11 Å². The van der Waals surface area contributed by atoms with E-state index in [1.807, 2.05) is 6.92 Å². The SMILES string of the molecule is Cc1cc(S(=O)(=O)NC[C@@H]2C[C@H]2C(=O)O)c(C)s1. The molecule has 1 fully saturated rings. The van der Waals surface area contributed by atoms with E-state index in [4.69, 9.17) is 5.11 Å². The number of carboxylic acids is 1. The molecule has 2 N–H and O–H groups in total. The molecule has 100 valence electrons. The molecular formula is C11H15NO4S2. The summed E-state index contributed by atoms with van der Waals surface area (Å²) < 4.78 is 26.5. The minimum atomic E-state index is -3.51. The molecule has 2 rings (SSSR count). The van der Waals surface area contributed by atoms with Gasteiger partial charge in [-0.15, -0.1) is 11.3 Å². The van der Waals surface area contributed by atoms with Gasteiger partial charge >= 0.3 is 5.97 Å². The first-order valence-corrected chi connectivity index (χ1v) is 7.90. The summed E-state index contributed by atoms with van der Waals surface area (Å²) in [7, 11) is -3.51. The number of aliphatic carboxylic acids is 1. The topological polar surface area (TPSA) is 83.5 Å². The molecule has 0 saturated heterocycles. The number of thiophene rings is 1. The summed E-state index contributed by atoms with van der Waals surface area (Å²) in [5, 5.41) is 8.74. The summed E-state index contributed by atoms with van der Waals surface area (Å²) in [6.45, 7) is 3.83. The zero-order chi connectivity index (χ0) is 13.5. The molecule has 1 aliphatic carbocycles. The van der Waals surface area contributed by atoms with Gasteiger partial charge in [0.05, 0.1) is 10.8 Å². The fraction of sp³-hybridized carbons (Fsp3) is 0.545. The van der Waals surface area contributed by atoms with E-state index in [2.05, 4.69) is 4.72 Å². The van der Waals surface area contributed by atoms with Gasteiger partial charge in [0, 0.05) is 16.3 Å². The zero-order valence-corrected chi connectivity index (χ0v) is 11.8. The van der Waals surface area contributed by atoms with Crippen molar-refractivity contribution in [2.75, 3.05) is 6.54 Å². The van der Waals surface area contributed by atoms with Gasteiger partial charge in [0.25, 0.3) is 0 Å². The smallest absolute Gasteiger partial charge is 0.306 e. The quantitative estimate of drug-likeness (QED) is 0.857. The summed E-state index contributed by atoms with van der Waals surface area (Å²) >= 11 is 1.44. The maximum atomic E-state index is 12.0. The van der Waals surface area contributed by atoms with E-state index in [1.54, 1.807) is 13.0 Å². The number of carbonyl (C=O) groups is 1. The van der Waals surface area contributed by atoms with Crippen LogP contribution in [0.3, 0.4) is 0 Å². The average Bonchev–Trinajstić information content (AvgIpc) is 2.95. The number of rotatable bonds is 5. The van der Waals surface area contributed by atoms with Crippen LogP contribution in [0.5, 0.6) is 0 Å². The van der Waals surface area contributed by atoms with Gasteiger partial charge in [-0.1, -0.05) is 0 Å². The molecule has 1 saturated carbocycles. The minimum absolute atomic E-state index is 0.0719. The molecule has 0 aliphatic heterocycles. The van der Waals surface area contributed by atoms with Crippen LogP contribution in [0.1, 0.15) is 16.2 Å². The number of aryl methyl sites for hydroxylation is 2. The molecule has 0 radical (unpaired) electrons. The Balaban J connectivity index is 2.01. The lowest BCUT2D eigenvalue weighted by atomic mass is 10.3. The van der Waals surface area contributed by atoms with Gasteiger partial charge in [-0.05, 0) is 32.3 Å². The second-order valence-electron chi connectivity index (χ2n) is 4.57. The molecule has 7 heteroatoms. The van der Waals surface area contributed by atoms with Crippen molar-refractivity contribution in [1.29, 1.82) is 0 Å². The van der Waals surface area contributed by atoms with E-state index >= 15 is 0 Å². The molecular weight excluding hydrogens is 274 g/mol. The maximum absolute atomic E-state index is 12.0. The van der Waals surface area contributed by atoms with Crippen LogP contribution in [0.15, 0.2) is 11.0 Å². The van der Waals surface area contributed by atoms with Crippen molar-refractivity contribution < 1.29 is 18.3 Å². The largest absolute Gasteiger partial charge is 0.481 e. The van der Waals surface area contributed by atoms with Crippen LogP contribution in [0.25, 0.3) is 0 Å². The van der Waals surface area contributed by atoms with Crippen LogP contribution in [-0.2, 0) is 14.8 Å².